The number of aromatic nitrogens is 4. The van der Waals surface area contributed by atoms with E-state index in [-0.39, 0.29) is 33.5 Å². The Hall–Kier alpha value is -4.12. The minimum atomic E-state index is -1.04. The molecule has 4 rings (SSSR count). The molecule has 0 aliphatic rings. The van der Waals surface area contributed by atoms with Gasteiger partial charge in [0.15, 0.2) is 11.6 Å². The summed E-state index contributed by atoms with van der Waals surface area (Å²) in [4.78, 5) is 19.6. The molecule has 150 valence electrons. The fraction of sp³-hybridized carbons (Fsp3) is 0. The van der Waals surface area contributed by atoms with E-state index in [1.54, 1.807) is 12.1 Å². The highest BCUT2D eigenvalue weighted by atomic mass is 35.5. The first-order chi connectivity index (χ1) is 14.5. The molecule has 10 nitrogen and oxygen atoms in total. The van der Waals surface area contributed by atoms with Crippen LogP contribution in [0.25, 0.3) is 11.3 Å². The van der Waals surface area contributed by atoms with E-state index < -0.39 is 11.8 Å². The van der Waals surface area contributed by atoms with Crippen LogP contribution in [-0.2, 0) is 0 Å². The van der Waals surface area contributed by atoms with Crippen LogP contribution in [0.1, 0.15) is 15.9 Å². The minimum Gasteiger partial charge on any atom is -0.478 e. The van der Waals surface area contributed by atoms with Crippen molar-refractivity contribution in [3.63, 3.8) is 0 Å². The lowest BCUT2D eigenvalue weighted by atomic mass is 10.1. The number of aromatic carboxylic acids is 1. The summed E-state index contributed by atoms with van der Waals surface area (Å²) in [5.74, 6) is -1.23. The first-order valence-corrected chi connectivity index (χ1v) is 8.72. The second kappa shape index (κ2) is 8.09. The molecule has 30 heavy (non-hydrogen) atoms. The van der Waals surface area contributed by atoms with Gasteiger partial charge in [-0.05, 0) is 46.2 Å². The van der Waals surface area contributed by atoms with Crippen LogP contribution in [0.4, 0.5) is 21.7 Å². The van der Waals surface area contributed by atoms with E-state index >= 15 is 0 Å². The summed E-state index contributed by atoms with van der Waals surface area (Å²) < 4.78 is 18.0. The molecule has 0 amide bonds. The molecule has 12 heteroatoms. The van der Waals surface area contributed by atoms with Crippen LogP contribution in [0.3, 0.4) is 0 Å². The summed E-state index contributed by atoms with van der Waals surface area (Å²) >= 11 is 5.81. The molecule has 4 aromatic rings. The van der Waals surface area contributed by atoms with E-state index in [9.17, 15) is 9.18 Å². The average Bonchev–Trinajstić information content (AvgIpc) is 3.18. The molecule has 0 saturated carbocycles. The number of benzene rings is 2. The first-order valence-electron chi connectivity index (χ1n) is 8.34. The zero-order valence-corrected chi connectivity index (χ0v) is 15.6. The summed E-state index contributed by atoms with van der Waals surface area (Å²) in [7, 11) is 0. The molecule has 0 atom stereocenters. The Morgan fingerprint density at radius 2 is 1.90 bits per heavy atom. The van der Waals surface area contributed by atoms with Crippen molar-refractivity contribution in [1.82, 2.24) is 20.3 Å². The Balaban J connectivity index is 1.62. The van der Waals surface area contributed by atoms with Crippen LogP contribution in [0, 0.1) is 5.82 Å². The molecule has 3 N–H and O–H groups in total. The zero-order valence-electron chi connectivity index (χ0n) is 14.9. The van der Waals surface area contributed by atoms with Gasteiger partial charge in [-0.1, -0.05) is 23.7 Å². The van der Waals surface area contributed by atoms with Gasteiger partial charge < -0.3 is 10.4 Å². The lowest BCUT2D eigenvalue weighted by Gasteiger charge is -2.09. The van der Waals surface area contributed by atoms with Crippen molar-refractivity contribution < 1.29 is 18.9 Å². The van der Waals surface area contributed by atoms with Crippen LogP contribution in [0.15, 0.2) is 52.2 Å². The van der Waals surface area contributed by atoms with Gasteiger partial charge in [0.25, 0.3) is 0 Å². The Morgan fingerprint density at radius 1 is 1.13 bits per heavy atom. The Morgan fingerprint density at radius 3 is 2.63 bits per heavy atom. The number of halogens is 2. The maximum absolute atomic E-state index is 13.4. The predicted molar refractivity (Wildman–Crippen MR) is 107 cm³/mol. The third-order valence-electron chi connectivity index (χ3n) is 3.81. The molecule has 0 saturated heterocycles. The maximum Gasteiger partial charge on any atom is 0.335 e. The molecule has 0 bridgehead atoms. The first kappa shape index (κ1) is 19.2. The van der Waals surface area contributed by atoms with E-state index in [2.05, 4.69) is 40.8 Å². The number of rotatable bonds is 6. The van der Waals surface area contributed by atoms with Crippen molar-refractivity contribution >= 4 is 52.4 Å². The molecule has 2 aromatic heterocycles. The molecule has 2 heterocycles. The van der Waals surface area contributed by atoms with Crippen molar-refractivity contribution in [2.75, 3.05) is 10.7 Å². The van der Waals surface area contributed by atoms with Gasteiger partial charge in [0, 0.05) is 5.69 Å². The summed E-state index contributed by atoms with van der Waals surface area (Å²) in [5, 5.41) is 23.3. The van der Waals surface area contributed by atoms with E-state index in [4.69, 9.17) is 16.7 Å². The molecule has 2 aromatic carbocycles. The number of carboxylic acids is 1. The average molecular weight is 428 g/mol. The van der Waals surface area contributed by atoms with Gasteiger partial charge in [-0.25, -0.2) is 18.8 Å². The molecule has 0 aliphatic carbocycles. The van der Waals surface area contributed by atoms with E-state index in [1.807, 2.05) is 0 Å². The smallest absolute Gasteiger partial charge is 0.335 e. The summed E-state index contributed by atoms with van der Waals surface area (Å²) in [6.07, 6.45) is 1.41. The Kier molecular flexibility index (Phi) is 5.18. The number of fused-ring (bicyclic) bond motifs is 1. The topological polar surface area (TPSA) is 138 Å². The number of carboxylic acid groups (broad SMARTS) is 1. The van der Waals surface area contributed by atoms with Gasteiger partial charge in [-0.3, -0.25) is 5.43 Å². The predicted octanol–water partition coefficient (Wildman–Crippen LogP) is 3.69. The molecule has 0 unspecified atom stereocenters. The van der Waals surface area contributed by atoms with Gasteiger partial charge in [0.05, 0.1) is 16.8 Å². The fourth-order valence-corrected chi connectivity index (χ4v) is 2.61. The minimum absolute atomic E-state index is 0.0667. The number of carbonyl (C=O) groups is 1. The van der Waals surface area contributed by atoms with Crippen LogP contribution < -0.4 is 10.7 Å². The molecule has 0 radical (unpaired) electrons. The van der Waals surface area contributed by atoms with Gasteiger partial charge >= 0.3 is 5.97 Å². The van der Waals surface area contributed by atoms with Gasteiger partial charge in [0.1, 0.15) is 5.82 Å². The number of hydrogen-bond acceptors (Lipinski definition) is 9. The highest BCUT2D eigenvalue weighted by Gasteiger charge is 2.13. The van der Waals surface area contributed by atoms with Crippen LogP contribution >= 0.6 is 11.6 Å². The molecule has 0 aliphatic heterocycles. The van der Waals surface area contributed by atoms with Crippen molar-refractivity contribution in [1.29, 1.82) is 0 Å². The SMILES string of the molecule is O=C(O)c1cccc(C=NNc2nc3nonc3nc2Nc2ccc(F)c(Cl)c2)c1. The molecular weight excluding hydrogens is 417 g/mol. The van der Waals surface area contributed by atoms with Crippen molar-refractivity contribution in [3.05, 3.63) is 64.4 Å². The van der Waals surface area contributed by atoms with Crippen molar-refractivity contribution in [2.45, 2.75) is 0 Å². The van der Waals surface area contributed by atoms with Crippen LogP contribution in [0.2, 0.25) is 5.02 Å². The van der Waals surface area contributed by atoms with E-state index in [0.717, 1.165) is 0 Å². The quantitative estimate of drug-likeness (QED) is 0.310. The number of nitrogens with one attached hydrogen (secondary N) is 2. The fourth-order valence-electron chi connectivity index (χ4n) is 2.43. The van der Waals surface area contributed by atoms with E-state index in [1.165, 1.54) is 36.5 Å². The third-order valence-corrected chi connectivity index (χ3v) is 4.10. The Labute approximate surface area is 172 Å². The van der Waals surface area contributed by atoms with Crippen LogP contribution in [0.5, 0.6) is 0 Å². The monoisotopic (exact) mass is 427 g/mol. The number of hydrogen-bond donors (Lipinski definition) is 3. The lowest BCUT2D eigenvalue weighted by molar-refractivity contribution is 0.0697. The second-order valence-corrected chi connectivity index (χ2v) is 6.29. The maximum atomic E-state index is 13.4. The van der Waals surface area contributed by atoms with Crippen LogP contribution in [-0.4, -0.2) is 37.6 Å². The summed E-state index contributed by atoms with van der Waals surface area (Å²) in [5.41, 5.74) is 4.13. The third kappa shape index (κ3) is 4.15. The van der Waals surface area contributed by atoms with Crippen molar-refractivity contribution in [3.8, 4) is 0 Å². The van der Waals surface area contributed by atoms with Gasteiger partial charge in [-0.2, -0.15) is 10.1 Å². The number of anilines is 3. The standard InChI is InChI=1S/C18H11ClFN7O3/c19-12-7-11(4-5-13(12)20)22-14-15(24-17-16(23-14)26-30-27-17)25-21-8-9-2-1-3-10(6-9)18(28)29/h1-8H,(H,28,29)(H,22,23,26)(H,24,25,27). The van der Waals surface area contributed by atoms with Gasteiger partial charge in [0.2, 0.25) is 11.3 Å². The summed E-state index contributed by atoms with van der Waals surface area (Å²) in [6, 6.07) is 10.3. The summed E-state index contributed by atoms with van der Waals surface area (Å²) in [6.45, 7) is 0. The molecule has 0 fully saturated rings. The highest BCUT2D eigenvalue weighted by molar-refractivity contribution is 6.31. The molecular formula is C18H11ClFN7O3. The Bertz CT molecular complexity index is 1280. The number of hydrazone groups is 1. The molecule has 0 spiro atoms. The largest absolute Gasteiger partial charge is 0.478 e. The zero-order chi connectivity index (χ0) is 21.1. The highest BCUT2D eigenvalue weighted by Crippen LogP contribution is 2.26. The van der Waals surface area contributed by atoms with Crippen molar-refractivity contribution in [2.24, 2.45) is 5.10 Å². The second-order valence-electron chi connectivity index (χ2n) is 5.89. The number of nitrogens with zero attached hydrogens (tertiary/aromatic N) is 5. The van der Waals surface area contributed by atoms with Gasteiger partial charge in [-0.15, -0.1) is 0 Å². The lowest BCUT2D eigenvalue weighted by Crippen LogP contribution is -2.03. The normalized spacial score (nSPS) is 11.1. The van der Waals surface area contributed by atoms with E-state index in [0.29, 0.717) is 11.3 Å².